The van der Waals surface area contributed by atoms with Crippen molar-refractivity contribution in [2.24, 2.45) is 0 Å². The van der Waals surface area contributed by atoms with Gasteiger partial charge in [0.1, 0.15) is 5.75 Å². The third-order valence-corrected chi connectivity index (χ3v) is 3.25. The van der Waals surface area contributed by atoms with Crippen molar-refractivity contribution < 1.29 is 4.74 Å². The minimum atomic E-state index is 0.172. The van der Waals surface area contributed by atoms with Crippen LogP contribution in [0.15, 0.2) is 36.4 Å². The lowest BCUT2D eigenvalue weighted by molar-refractivity contribution is 0.340. The lowest BCUT2D eigenvalue weighted by atomic mass is 9.98. The van der Waals surface area contributed by atoms with E-state index in [1.54, 1.807) is 0 Å². The van der Waals surface area contributed by atoms with Gasteiger partial charge in [-0.1, -0.05) is 12.1 Å². The van der Waals surface area contributed by atoms with Crippen molar-refractivity contribution >= 4 is 0 Å². The quantitative estimate of drug-likeness (QED) is 0.904. The minimum Gasteiger partial charge on any atom is -0.494 e. The van der Waals surface area contributed by atoms with E-state index in [-0.39, 0.29) is 6.04 Å². The number of pyridine rings is 1. The van der Waals surface area contributed by atoms with Crippen LogP contribution in [0.1, 0.15) is 35.5 Å². The minimum absolute atomic E-state index is 0.172. The first-order chi connectivity index (χ1) is 9.63. The van der Waals surface area contributed by atoms with Crippen molar-refractivity contribution in [1.82, 2.24) is 10.3 Å². The topological polar surface area (TPSA) is 34.1 Å². The smallest absolute Gasteiger partial charge is 0.119 e. The van der Waals surface area contributed by atoms with Crippen LogP contribution in [0.25, 0.3) is 0 Å². The van der Waals surface area contributed by atoms with Crippen LogP contribution < -0.4 is 10.1 Å². The number of hydrogen-bond donors (Lipinski definition) is 1. The van der Waals surface area contributed by atoms with Crippen LogP contribution in [-0.2, 0) is 0 Å². The van der Waals surface area contributed by atoms with Crippen LogP contribution in [0.2, 0.25) is 0 Å². The standard InChI is InChI=1S/C17H22N2O/c1-5-20-16-8-6-14(7-9-16)17(18-4)15-10-12(2)19-13(3)11-15/h6-11,17-18H,5H2,1-4H3. The van der Waals surface area contributed by atoms with Crippen molar-refractivity contribution in [3.63, 3.8) is 0 Å². The normalized spacial score (nSPS) is 12.2. The third-order valence-electron chi connectivity index (χ3n) is 3.25. The fourth-order valence-electron chi connectivity index (χ4n) is 2.48. The number of nitrogens with zero attached hydrogens (tertiary/aromatic N) is 1. The van der Waals surface area contributed by atoms with Gasteiger partial charge in [-0.05, 0) is 63.2 Å². The van der Waals surface area contributed by atoms with Crippen LogP contribution in [-0.4, -0.2) is 18.6 Å². The van der Waals surface area contributed by atoms with Crippen molar-refractivity contribution in [2.45, 2.75) is 26.8 Å². The van der Waals surface area contributed by atoms with Gasteiger partial charge in [0.05, 0.1) is 12.6 Å². The number of aromatic nitrogens is 1. The first-order valence-corrected chi connectivity index (χ1v) is 6.99. The van der Waals surface area contributed by atoms with Crippen molar-refractivity contribution in [1.29, 1.82) is 0 Å². The molecule has 0 saturated heterocycles. The van der Waals surface area contributed by atoms with Gasteiger partial charge in [-0.3, -0.25) is 4.98 Å². The highest BCUT2D eigenvalue weighted by Crippen LogP contribution is 2.24. The molecule has 106 valence electrons. The predicted octanol–water partition coefficient (Wildman–Crippen LogP) is 3.41. The number of benzene rings is 1. The van der Waals surface area contributed by atoms with Crippen LogP contribution in [0.4, 0.5) is 0 Å². The Morgan fingerprint density at radius 2 is 1.65 bits per heavy atom. The zero-order valence-corrected chi connectivity index (χ0v) is 12.6. The van der Waals surface area contributed by atoms with E-state index in [0.29, 0.717) is 6.61 Å². The molecule has 0 bridgehead atoms. The first kappa shape index (κ1) is 14.5. The van der Waals surface area contributed by atoms with E-state index in [4.69, 9.17) is 4.74 Å². The molecule has 1 aromatic carbocycles. The maximum Gasteiger partial charge on any atom is 0.119 e. The summed E-state index contributed by atoms with van der Waals surface area (Å²) in [6.45, 7) is 6.74. The summed E-state index contributed by atoms with van der Waals surface area (Å²) in [7, 11) is 1.98. The van der Waals surface area contributed by atoms with E-state index in [9.17, 15) is 0 Å². The molecule has 0 amide bonds. The second-order valence-corrected chi connectivity index (χ2v) is 4.91. The van der Waals surface area contributed by atoms with E-state index in [2.05, 4.69) is 34.6 Å². The van der Waals surface area contributed by atoms with Crippen LogP contribution in [0.3, 0.4) is 0 Å². The molecule has 0 aliphatic rings. The number of ether oxygens (including phenoxy) is 1. The molecule has 1 N–H and O–H groups in total. The second-order valence-electron chi connectivity index (χ2n) is 4.91. The Balaban J connectivity index is 2.31. The SMILES string of the molecule is CCOc1ccc(C(NC)c2cc(C)nc(C)c2)cc1. The number of nitrogens with one attached hydrogen (secondary N) is 1. The molecule has 1 unspecified atom stereocenters. The van der Waals surface area contributed by atoms with Crippen molar-refractivity contribution in [3.05, 3.63) is 58.9 Å². The summed E-state index contributed by atoms with van der Waals surface area (Å²) < 4.78 is 5.49. The molecule has 0 radical (unpaired) electrons. The Labute approximate surface area is 121 Å². The second kappa shape index (κ2) is 6.53. The highest BCUT2D eigenvalue weighted by atomic mass is 16.5. The molecular formula is C17H22N2O. The van der Waals surface area contributed by atoms with Gasteiger partial charge in [0.2, 0.25) is 0 Å². The fourth-order valence-corrected chi connectivity index (χ4v) is 2.48. The van der Waals surface area contributed by atoms with E-state index >= 15 is 0 Å². The Hall–Kier alpha value is -1.87. The molecule has 1 heterocycles. The van der Waals surface area contributed by atoms with Gasteiger partial charge >= 0.3 is 0 Å². The maximum atomic E-state index is 5.49. The summed E-state index contributed by atoms with van der Waals surface area (Å²) in [6, 6.07) is 12.7. The van der Waals surface area contributed by atoms with Crippen LogP contribution in [0, 0.1) is 13.8 Å². The van der Waals surface area contributed by atoms with Crippen LogP contribution in [0.5, 0.6) is 5.75 Å². The number of hydrogen-bond acceptors (Lipinski definition) is 3. The lowest BCUT2D eigenvalue weighted by Gasteiger charge is -2.18. The Morgan fingerprint density at radius 1 is 1.05 bits per heavy atom. The molecule has 1 aromatic heterocycles. The molecule has 0 aliphatic carbocycles. The summed E-state index contributed by atoms with van der Waals surface area (Å²) in [5.74, 6) is 0.910. The Kier molecular flexibility index (Phi) is 4.74. The summed E-state index contributed by atoms with van der Waals surface area (Å²) in [5, 5.41) is 3.37. The van der Waals surface area contributed by atoms with Gasteiger partial charge < -0.3 is 10.1 Å². The molecule has 2 aromatic rings. The summed E-state index contributed by atoms with van der Waals surface area (Å²) in [6.07, 6.45) is 0. The molecule has 0 saturated carbocycles. The lowest BCUT2D eigenvalue weighted by Crippen LogP contribution is -2.18. The highest BCUT2D eigenvalue weighted by molar-refractivity contribution is 5.36. The van der Waals surface area contributed by atoms with Gasteiger partial charge in [0.15, 0.2) is 0 Å². The molecule has 3 nitrogen and oxygen atoms in total. The van der Waals surface area contributed by atoms with E-state index in [1.165, 1.54) is 11.1 Å². The predicted molar refractivity (Wildman–Crippen MR) is 82.2 cm³/mol. The summed E-state index contributed by atoms with van der Waals surface area (Å²) >= 11 is 0. The van der Waals surface area contributed by atoms with Gasteiger partial charge in [-0.15, -0.1) is 0 Å². The van der Waals surface area contributed by atoms with Crippen molar-refractivity contribution in [2.75, 3.05) is 13.7 Å². The highest BCUT2D eigenvalue weighted by Gasteiger charge is 2.13. The van der Waals surface area contributed by atoms with Crippen molar-refractivity contribution in [3.8, 4) is 5.75 Å². The molecule has 0 fully saturated rings. The first-order valence-electron chi connectivity index (χ1n) is 6.99. The van der Waals surface area contributed by atoms with Gasteiger partial charge in [0, 0.05) is 11.4 Å². The zero-order chi connectivity index (χ0) is 14.5. The average molecular weight is 270 g/mol. The third kappa shape index (κ3) is 3.36. The molecular weight excluding hydrogens is 248 g/mol. The fraction of sp³-hybridized carbons (Fsp3) is 0.353. The summed E-state index contributed by atoms with van der Waals surface area (Å²) in [5.41, 5.74) is 4.56. The number of rotatable bonds is 5. The average Bonchev–Trinajstić information content (AvgIpc) is 2.41. The van der Waals surface area contributed by atoms with Gasteiger partial charge in [0.25, 0.3) is 0 Å². The molecule has 3 heteroatoms. The van der Waals surface area contributed by atoms with E-state index in [0.717, 1.165) is 17.1 Å². The molecule has 2 rings (SSSR count). The summed E-state index contributed by atoms with van der Waals surface area (Å²) in [4.78, 5) is 4.44. The van der Waals surface area contributed by atoms with Gasteiger partial charge in [-0.2, -0.15) is 0 Å². The van der Waals surface area contributed by atoms with Crippen LogP contribution >= 0.6 is 0 Å². The Bertz CT molecular complexity index is 543. The largest absolute Gasteiger partial charge is 0.494 e. The van der Waals surface area contributed by atoms with E-state index < -0.39 is 0 Å². The molecule has 1 atom stereocenters. The van der Waals surface area contributed by atoms with Gasteiger partial charge in [-0.25, -0.2) is 0 Å². The van der Waals surface area contributed by atoms with E-state index in [1.807, 2.05) is 40.0 Å². The molecule has 0 aliphatic heterocycles. The number of aryl methyl sites for hydroxylation is 2. The molecule has 0 spiro atoms. The maximum absolute atomic E-state index is 5.49. The zero-order valence-electron chi connectivity index (χ0n) is 12.6. The monoisotopic (exact) mass is 270 g/mol. The molecule has 20 heavy (non-hydrogen) atoms. The Morgan fingerprint density at radius 3 is 2.15 bits per heavy atom.